The fraction of sp³-hybridized carbons (Fsp3) is 0.120. The molecule has 0 aliphatic rings. The Kier molecular flexibility index (Phi) is 6.46. The van der Waals surface area contributed by atoms with Gasteiger partial charge in [-0.3, -0.25) is 9.55 Å². The molecule has 5 rings (SSSR count). The van der Waals surface area contributed by atoms with Crippen molar-refractivity contribution in [2.45, 2.75) is 24.4 Å². The average Bonchev–Trinajstić information content (AvgIpc) is 3.50. The van der Waals surface area contributed by atoms with Gasteiger partial charge in [-0.2, -0.15) is 0 Å². The SMILES string of the molecule is Cc1ccccc1OCc1nnc(SCc2csc(-c3ccccn3)n2)n1-c1ccccc1. The van der Waals surface area contributed by atoms with Gasteiger partial charge in [0.2, 0.25) is 0 Å². The van der Waals surface area contributed by atoms with E-state index in [0.29, 0.717) is 12.4 Å². The minimum Gasteiger partial charge on any atom is -0.485 e. The van der Waals surface area contributed by atoms with Crippen LogP contribution >= 0.6 is 23.1 Å². The first-order valence-electron chi connectivity index (χ1n) is 10.4. The van der Waals surface area contributed by atoms with Gasteiger partial charge in [-0.15, -0.1) is 21.5 Å². The summed E-state index contributed by atoms with van der Waals surface area (Å²) in [6.07, 6.45) is 1.79. The van der Waals surface area contributed by atoms with Gasteiger partial charge in [-0.1, -0.05) is 54.2 Å². The molecule has 0 N–H and O–H groups in total. The minimum atomic E-state index is 0.327. The maximum atomic E-state index is 6.06. The van der Waals surface area contributed by atoms with Crippen molar-refractivity contribution in [2.24, 2.45) is 0 Å². The number of benzene rings is 2. The molecular formula is C25H21N5OS2. The number of hydrogen-bond donors (Lipinski definition) is 0. The first kappa shape index (κ1) is 21.4. The Balaban J connectivity index is 1.36. The molecule has 0 saturated carbocycles. The first-order chi connectivity index (χ1) is 16.3. The van der Waals surface area contributed by atoms with Crippen LogP contribution in [0.2, 0.25) is 0 Å². The number of thiazole rings is 1. The van der Waals surface area contributed by atoms with E-state index in [0.717, 1.165) is 44.4 Å². The molecule has 2 aromatic carbocycles. The highest BCUT2D eigenvalue weighted by molar-refractivity contribution is 7.98. The van der Waals surface area contributed by atoms with Gasteiger partial charge in [0.25, 0.3) is 0 Å². The number of aryl methyl sites for hydroxylation is 1. The number of ether oxygens (including phenoxy) is 1. The van der Waals surface area contributed by atoms with Crippen LogP contribution in [0.5, 0.6) is 5.75 Å². The Morgan fingerprint density at radius 2 is 1.76 bits per heavy atom. The summed E-state index contributed by atoms with van der Waals surface area (Å²) < 4.78 is 8.11. The topological polar surface area (TPSA) is 65.7 Å². The van der Waals surface area contributed by atoms with Crippen molar-refractivity contribution in [3.63, 3.8) is 0 Å². The van der Waals surface area contributed by atoms with Crippen LogP contribution < -0.4 is 4.74 Å². The van der Waals surface area contributed by atoms with Crippen molar-refractivity contribution in [3.05, 3.63) is 101 Å². The highest BCUT2D eigenvalue weighted by Crippen LogP contribution is 2.29. The van der Waals surface area contributed by atoms with Crippen LogP contribution in [0.1, 0.15) is 17.1 Å². The van der Waals surface area contributed by atoms with E-state index >= 15 is 0 Å². The lowest BCUT2D eigenvalue weighted by Crippen LogP contribution is -2.07. The van der Waals surface area contributed by atoms with Gasteiger partial charge < -0.3 is 4.74 Å². The third-order valence-corrected chi connectivity index (χ3v) is 6.83. The molecule has 6 nitrogen and oxygen atoms in total. The zero-order chi connectivity index (χ0) is 22.5. The number of nitrogens with zero attached hydrogens (tertiary/aromatic N) is 5. The fourth-order valence-electron chi connectivity index (χ4n) is 3.30. The zero-order valence-electron chi connectivity index (χ0n) is 18.0. The zero-order valence-corrected chi connectivity index (χ0v) is 19.6. The van der Waals surface area contributed by atoms with Gasteiger partial charge in [0.15, 0.2) is 11.0 Å². The second-order valence-corrected chi connectivity index (χ2v) is 9.07. The molecule has 5 aromatic rings. The molecule has 0 spiro atoms. The number of hydrogen-bond acceptors (Lipinski definition) is 7. The summed E-state index contributed by atoms with van der Waals surface area (Å²) in [7, 11) is 0. The van der Waals surface area contributed by atoms with E-state index in [1.165, 1.54) is 0 Å². The van der Waals surface area contributed by atoms with E-state index < -0.39 is 0 Å². The molecule has 0 aliphatic heterocycles. The van der Waals surface area contributed by atoms with Gasteiger partial charge >= 0.3 is 0 Å². The van der Waals surface area contributed by atoms with Crippen LogP contribution in [0.4, 0.5) is 0 Å². The molecule has 0 bridgehead atoms. The summed E-state index contributed by atoms with van der Waals surface area (Å²) in [5.41, 5.74) is 3.97. The van der Waals surface area contributed by atoms with Crippen molar-refractivity contribution >= 4 is 23.1 Å². The molecule has 33 heavy (non-hydrogen) atoms. The van der Waals surface area contributed by atoms with Crippen molar-refractivity contribution in [2.75, 3.05) is 0 Å². The summed E-state index contributed by atoms with van der Waals surface area (Å²) in [5, 5.41) is 12.7. The maximum Gasteiger partial charge on any atom is 0.196 e. The highest BCUT2D eigenvalue weighted by Gasteiger charge is 2.16. The highest BCUT2D eigenvalue weighted by atomic mass is 32.2. The summed E-state index contributed by atoms with van der Waals surface area (Å²) in [6, 6.07) is 23.9. The predicted molar refractivity (Wildman–Crippen MR) is 132 cm³/mol. The molecular weight excluding hydrogens is 450 g/mol. The largest absolute Gasteiger partial charge is 0.485 e. The van der Waals surface area contributed by atoms with Gasteiger partial charge in [0.1, 0.15) is 17.4 Å². The van der Waals surface area contributed by atoms with Crippen molar-refractivity contribution in [3.8, 4) is 22.1 Å². The molecule has 3 aromatic heterocycles. The van der Waals surface area contributed by atoms with E-state index in [-0.39, 0.29) is 0 Å². The van der Waals surface area contributed by atoms with Crippen molar-refractivity contribution in [1.29, 1.82) is 0 Å². The van der Waals surface area contributed by atoms with Gasteiger partial charge in [-0.25, -0.2) is 4.98 Å². The molecule has 0 fully saturated rings. The van der Waals surface area contributed by atoms with Crippen LogP contribution in [0.25, 0.3) is 16.4 Å². The van der Waals surface area contributed by atoms with Gasteiger partial charge in [0.05, 0.1) is 11.4 Å². The Bertz CT molecular complexity index is 1340. The van der Waals surface area contributed by atoms with Crippen LogP contribution in [0, 0.1) is 6.92 Å². The van der Waals surface area contributed by atoms with Crippen LogP contribution in [-0.4, -0.2) is 24.7 Å². The lowest BCUT2D eigenvalue weighted by Gasteiger charge is -2.12. The van der Waals surface area contributed by atoms with Crippen molar-refractivity contribution < 1.29 is 4.74 Å². The molecule has 0 amide bonds. The monoisotopic (exact) mass is 471 g/mol. The second-order valence-electron chi connectivity index (χ2n) is 7.27. The third kappa shape index (κ3) is 4.97. The fourth-order valence-corrected chi connectivity index (χ4v) is 5.07. The van der Waals surface area contributed by atoms with E-state index in [2.05, 4.69) is 25.1 Å². The smallest absolute Gasteiger partial charge is 0.196 e. The molecule has 0 radical (unpaired) electrons. The average molecular weight is 472 g/mol. The maximum absolute atomic E-state index is 6.06. The molecule has 0 atom stereocenters. The lowest BCUT2D eigenvalue weighted by atomic mass is 10.2. The van der Waals surface area contributed by atoms with Crippen molar-refractivity contribution in [1.82, 2.24) is 24.7 Å². The minimum absolute atomic E-state index is 0.327. The van der Waals surface area contributed by atoms with E-state index in [9.17, 15) is 0 Å². The second kappa shape index (κ2) is 9.97. The molecule has 0 saturated heterocycles. The summed E-state index contributed by atoms with van der Waals surface area (Å²) in [6.45, 7) is 2.36. The summed E-state index contributed by atoms with van der Waals surface area (Å²) in [5.74, 6) is 2.28. The van der Waals surface area contributed by atoms with Crippen LogP contribution in [0.15, 0.2) is 89.5 Å². The molecule has 164 valence electrons. The molecule has 0 aliphatic carbocycles. The number of para-hydroxylation sites is 2. The lowest BCUT2D eigenvalue weighted by molar-refractivity contribution is 0.291. The number of aromatic nitrogens is 5. The van der Waals surface area contributed by atoms with E-state index in [4.69, 9.17) is 9.72 Å². The predicted octanol–water partition coefficient (Wildman–Crippen LogP) is 5.97. The Hall–Kier alpha value is -3.49. The number of rotatable bonds is 8. The van der Waals surface area contributed by atoms with Crippen LogP contribution in [0.3, 0.4) is 0 Å². The standard InChI is InChI=1S/C25H21N5OS2/c1-18-9-5-6-13-22(18)31-15-23-28-29-25(30(23)20-10-3-2-4-11-20)33-17-19-16-32-24(27-19)21-12-7-8-14-26-21/h2-14,16H,15,17H2,1H3. The Morgan fingerprint density at radius 1 is 0.939 bits per heavy atom. The Labute approximate surface area is 200 Å². The van der Waals surface area contributed by atoms with Gasteiger partial charge in [0, 0.05) is 23.0 Å². The number of pyridine rings is 1. The summed E-state index contributed by atoms with van der Waals surface area (Å²) >= 11 is 3.21. The van der Waals surface area contributed by atoms with Gasteiger partial charge in [-0.05, 0) is 42.8 Å². The third-order valence-electron chi connectivity index (χ3n) is 4.95. The Morgan fingerprint density at radius 3 is 2.58 bits per heavy atom. The quantitative estimate of drug-likeness (QED) is 0.260. The molecule has 0 unspecified atom stereocenters. The normalized spacial score (nSPS) is 10.9. The number of thioether (sulfide) groups is 1. The summed E-state index contributed by atoms with van der Waals surface area (Å²) in [4.78, 5) is 9.13. The van der Waals surface area contributed by atoms with E-state index in [1.54, 1.807) is 29.3 Å². The van der Waals surface area contributed by atoms with E-state index in [1.807, 2.05) is 79.7 Å². The molecule has 8 heteroatoms. The first-order valence-corrected chi connectivity index (χ1v) is 12.3. The molecule has 3 heterocycles. The van der Waals surface area contributed by atoms with Crippen LogP contribution in [-0.2, 0) is 12.4 Å².